The van der Waals surface area contributed by atoms with Gasteiger partial charge in [-0.25, -0.2) is 18.2 Å². The summed E-state index contributed by atoms with van der Waals surface area (Å²) in [5, 5.41) is 26.3. The van der Waals surface area contributed by atoms with Gasteiger partial charge in [0, 0.05) is 45.7 Å². The van der Waals surface area contributed by atoms with E-state index in [1.165, 1.54) is 27.8 Å². The van der Waals surface area contributed by atoms with Crippen molar-refractivity contribution in [1.29, 1.82) is 0 Å². The average Bonchev–Trinajstić information content (AvgIpc) is 3.73. The van der Waals surface area contributed by atoms with Gasteiger partial charge in [-0.2, -0.15) is 14.3 Å². The number of carbonyl (C=O) groups is 2. The van der Waals surface area contributed by atoms with Crippen molar-refractivity contribution in [2.75, 3.05) is 40.3 Å². The highest BCUT2D eigenvalue weighted by Gasteiger charge is 2.41. The van der Waals surface area contributed by atoms with Gasteiger partial charge < -0.3 is 25.2 Å². The second-order valence-electron chi connectivity index (χ2n) is 14.0. The minimum absolute atomic E-state index is 0.0214. The van der Waals surface area contributed by atoms with Crippen LogP contribution in [0, 0.1) is 16.7 Å². The van der Waals surface area contributed by atoms with E-state index in [2.05, 4.69) is 20.6 Å². The van der Waals surface area contributed by atoms with Crippen LogP contribution in [0.1, 0.15) is 55.9 Å². The van der Waals surface area contributed by atoms with Gasteiger partial charge in [-0.3, -0.25) is 4.79 Å². The molecule has 14 nitrogen and oxygen atoms in total. The molecular weight excluding hydrogens is 717 g/mol. The molecule has 0 bridgehead atoms. The molecule has 1 aromatic heterocycles. The lowest BCUT2D eigenvalue weighted by Crippen LogP contribution is -2.57. The summed E-state index contributed by atoms with van der Waals surface area (Å²) >= 11 is 1.43. The average molecular weight is 769 g/mol. The Morgan fingerprint density at radius 1 is 1.06 bits per heavy atom. The molecule has 0 saturated carbocycles. The topological polar surface area (TPSA) is 168 Å². The first-order valence-electron chi connectivity index (χ1n) is 17.8. The van der Waals surface area contributed by atoms with E-state index in [4.69, 9.17) is 0 Å². The van der Waals surface area contributed by atoms with Crippen molar-refractivity contribution in [1.82, 2.24) is 29.4 Å². The molecule has 1 aliphatic rings. The van der Waals surface area contributed by atoms with Crippen LogP contribution < -0.4 is 5.32 Å². The molecule has 0 radical (unpaired) electrons. The molecule has 2 N–H and O–H groups in total. The molecule has 0 spiro atoms. The number of benzene rings is 2. The standard InChI is InChI=1S/C37H52N8O6S2/c1-7-27(4)35(45-18-17-43(37(45)48)23-30-25-52-34(40-30)21-38-42(5)6)36(47)41-32(19-28-11-9-8-10-12-28)33(46)24-44(22-26(2)3)53(50,51)31-15-13-29(14-16-31)20-39-49/h8-16,21,25-27,32-33,35,46H,7,17-20,22-24H2,1-6H3,(H,41,47)/t27-,32-,33+,35-/m0/s1. The van der Waals surface area contributed by atoms with Crippen LogP contribution in [0.4, 0.5) is 4.79 Å². The van der Waals surface area contributed by atoms with E-state index in [0.29, 0.717) is 31.6 Å². The maximum Gasteiger partial charge on any atom is 0.321 e. The number of carbonyl (C=O) groups excluding carboxylic acids is 2. The molecule has 0 unspecified atom stereocenters. The number of aliphatic hydroxyl groups excluding tert-OH is 1. The molecule has 2 aromatic carbocycles. The van der Waals surface area contributed by atoms with Crippen molar-refractivity contribution in [3.8, 4) is 0 Å². The summed E-state index contributed by atoms with van der Waals surface area (Å²) in [6.45, 7) is 8.48. The van der Waals surface area contributed by atoms with Crippen LogP contribution in [0.2, 0.25) is 0 Å². The molecule has 1 saturated heterocycles. The van der Waals surface area contributed by atoms with E-state index < -0.39 is 34.1 Å². The third-order valence-corrected chi connectivity index (χ3v) is 11.8. The van der Waals surface area contributed by atoms with E-state index in [0.717, 1.165) is 16.3 Å². The van der Waals surface area contributed by atoms with Gasteiger partial charge in [0.1, 0.15) is 17.6 Å². The fourth-order valence-corrected chi connectivity index (χ4v) is 8.46. The summed E-state index contributed by atoms with van der Waals surface area (Å²) in [7, 11) is -0.428. The molecule has 3 amide bonds. The number of thiazole rings is 1. The molecule has 4 atom stereocenters. The molecular formula is C37H52N8O6S2. The molecule has 2 heterocycles. The van der Waals surface area contributed by atoms with Crippen LogP contribution >= 0.6 is 11.3 Å². The zero-order valence-electron chi connectivity index (χ0n) is 31.3. The maximum atomic E-state index is 14.3. The molecule has 3 aromatic rings. The van der Waals surface area contributed by atoms with Crippen molar-refractivity contribution >= 4 is 39.5 Å². The highest BCUT2D eigenvalue weighted by atomic mass is 32.2. The van der Waals surface area contributed by atoms with E-state index in [9.17, 15) is 28.0 Å². The van der Waals surface area contributed by atoms with Gasteiger partial charge in [0.2, 0.25) is 15.9 Å². The van der Waals surface area contributed by atoms with E-state index in [1.54, 1.807) is 33.2 Å². The highest BCUT2D eigenvalue weighted by molar-refractivity contribution is 7.89. The summed E-state index contributed by atoms with van der Waals surface area (Å²) in [6.07, 6.45) is 1.22. The number of rotatable bonds is 20. The summed E-state index contributed by atoms with van der Waals surface area (Å²) < 4.78 is 29.1. The number of nitroso groups, excluding NO2 is 1. The van der Waals surface area contributed by atoms with Crippen molar-refractivity contribution in [2.45, 2.75) is 76.7 Å². The Balaban J connectivity index is 1.56. The van der Waals surface area contributed by atoms with Gasteiger partial charge >= 0.3 is 6.03 Å². The quantitative estimate of drug-likeness (QED) is 0.0970. The molecule has 16 heteroatoms. The van der Waals surface area contributed by atoms with Gasteiger partial charge in [-0.1, -0.05) is 81.8 Å². The smallest absolute Gasteiger partial charge is 0.321 e. The van der Waals surface area contributed by atoms with Crippen molar-refractivity contribution in [2.24, 2.45) is 22.1 Å². The van der Waals surface area contributed by atoms with Crippen molar-refractivity contribution in [3.63, 3.8) is 0 Å². The van der Waals surface area contributed by atoms with Crippen LogP contribution in [-0.2, 0) is 34.3 Å². The fourth-order valence-electron chi connectivity index (χ4n) is 6.18. The Hall–Kier alpha value is -4.25. The first kappa shape index (κ1) is 41.5. The van der Waals surface area contributed by atoms with Gasteiger partial charge in [0.15, 0.2) is 0 Å². The molecule has 0 aliphatic carbocycles. The third-order valence-electron chi connectivity index (χ3n) is 9.09. The van der Waals surface area contributed by atoms with Crippen molar-refractivity contribution < 1.29 is 23.1 Å². The Labute approximate surface area is 316 Å². The van der Waals surface area contributed by atoms with Gasteiger partial charge in [0.25, 0.3) is 0 Å². The Morgan fingerprint density at radius 2 is 1.75 bits per heavy atom. The number of nitrogens with zero attached hydrogens (tertiary/aromatic N) is 7. The second kappa shape index (κ2) is 19.2. The van der Waals surface area contributed by atoms with Crippen LogP contribution in [0.25, 0.3) is 0 Å². The number of nitrogens with one attached hydrogen (secondary N) is 1. The number of hydrogen-bond acceptors (Lipinski definition) is 11. The lowest BCUT2D eigenvalue weighted by Gasteiger charge is -2.35. The first-order chi connectivity index (χ1) is 25.2. The maximum absolute atomic E-state index is 14.3. The van der Waals surface area contributed by atoms with Crippen LogP contribution in [0.5, 0.6) is 0 Å². The number of hydrogen-bond donors (Lipinski definition) is 2. The summed E-state index contributed by atoms with van der Waals surface area (Å²) in [4.78, 5) is 46.7. The Bertz CT molecular complexity index is 1790. The van der Waals surface area contributed by atoms with Crippen LogP contribution in [0.15, 0.2) is 75.2 Å². The summed E-state index contributed by atoms with van der Waals surface area (Å²) in [5.74, 6) is -0.696. The predicted molar refractivity (Wildman–Crippen MR) is 207 cm³/mol. The molecule has 53 heavy (non-hydrogen) atoms. The molecule has 1 fully saturated rings. The lowest BCUT2D eigenvalue weighted by atomic mass is 9.95. The number of aromatic nitrogens is 1. The summed E-state index contributed by atoms with van der Waals surface area (Å²) in [5.41, 5.74) is 2.16. The lowest BCUT2D eigenvalue weighted by molar-refractivity contribution is -0.128. The monoisotopic (exact) mass is 768 g/mol. The van der Waals surface area contributed by atoms with E-state index in [1.807, 2.05) is 77.5 Å². The van der Waals surface area contributed by atoms with Gasteiger partial charge in [-0.15, -0.1) is 11.3 Å². The molecule has 288 valence electrons. The number of aliphatic hydroxyl groups is 1. The van der Waals surface area contributed by atoms with E-state index in [-0.39, 0.29) is 48.8 Å². The Kier molecular flexibility index (Phi) is 15.0. The number of hydrazone groups is 1. The molecule has 4 rings (SSSR count). The van der Waals surface area contributed by atoms with Gasteiger partial charge in [0.05, 0.1) is 35.5 Å². The van der Waals surface area contributed by atoms with Gasteiger partial charge in [-0.05, 0) is 41.5 Å². The zero-order valence-corrected chi connectivity index (χ0v) is 33.0. The zero-order chi connectivity index (χ0) is 38.7. The van der Waals surface area contributed by atoms with Crippen LogP contribution in [-0.4, -0.2) is 114 Å². The third kappa shape index (κ3) is 11.4. The largest absolute Gasteiger partial charge is 0.390 e. The minimum Gasteiger partial charge on any atom is -0.390 e. The number of urea groups is 1. The minimum atomic E-state index is -4.07. The number of amides is 3. The highest BCUT2D eigenvalue weighted by Crippen LogP contribution is 2.24. The molecule has 1 aliphatic heterocycles. The first-order valence-corrected chi connectivity index (χ1v) is 20.2. The summed E-state index contributed by atoms with van der Waals surface area (Å²) in [6, 6.07) is 13.3. The normalized spacial score (nSPS) is 16.0. The fraction of sp³-hybridized carbons (Fsp3) is 0.514. The Morgan fingerprint density at radius 3 is 2.38 bits per heavy atom. The van der Waals surface area contributed by atoms with Crippen molar-refractivity contribution in [3.05, 3.63) is 86.7 Å². The number of sulfonamides is 1. The van der Waals surface area contributed by atoms with Crippen LogP contribution in [0.3, 0.4) is 0 Å². The predicted octanol–water partition coefficient (Wildman–Crippen LogP) is 4.39. The second-order valence-corrected chi connectivity index (χ2v) is 16.8. The SMILES string of the molecule is CC[C@H](C)[C@@H](C(=O)N[C@@H](Cc1ccccc1)[C@H](O)CN(CC(C)C)S(=O)(=O)c1ccc(CN=O)cc1)N1CCN(Cc2csc(C=NN(C)C)n2)C1=O. The van der Waals surface area contributed by atoms with E-state index >= 15 is 0 Å².